The van der Waals surface area contributed by atoms with Gasteiger partial charge in [-0.3, -0.25) is 14.7 Å². The van der Waals surface area contributed by atoms with Gasteiger partial charge < -0.3 is 24.6 Å². The molecule has 0 aliphatic carbocycles. The van der Waals surface area contributed by atoms with Crippen LogP contribution >= 0.6 is 24.0 Å². The van der Waals surface area contributed by atoms with Crippen molar-refractivity contribution in [2.45, 2.75) is 57.6 Å². The first-order valence-corrected chi connectivity index (χ1v) is 11.7. The molecule has 0 spiro atoms. The normalized spacial score (nSPS) is 20.6. The number of methoxy groups -OCH3 is 1. The van der Waals surface area contributed by atoms with Crippen molar-refractivity contribution in [3.05, 3.63) is 0 Å². The second kappa shape index (κ2) is 16.0. The molecule has 2 saturated heterocycles. The Hall–Kier alpha value is -0.650. The maximum atomic E-state index is 12.3. The monoisotopic (exact) mass is 553 g/mol. The van der Waals surface area contributed by atoms with Crippen molar-refractivity contribution in [2.75, 3.05) is 73.7 Å². The number of ether oxygens (including phenoxy) is 2. The summed E-state index contributed by atoms with van der Waals surface area (Å²) >= 11 is 0. The summed E-state index contributed by atoms with van der Waals surface area (Å²) in [7, 11) is 5.42. The maximum Gasteiger partial charge on any atom is 0.239 e. The summed E-state index contributed by atoms with van der Waals surface area (Å²) in [6, 6.07) is 0.0557. The minimum atomic E-state index is 0. The highest BCUT2D eigenvalue weighted by Gasteiger charge is 2.31. The number of rotatable bonds is 11. The molecule has 0 aromatic heterocycles. The van der Waals surface area contributed by atoms with E-state index < -0.39 is 0 Å². The average molecular weight is 554 g/mol. The number of amides is 1. The van der Waals surface area contributed by atoms with E-state index in [0.29, 0.717) is 6.10 Å². The molecule has 182 valence electrons. The molecule has 1 atom stereocenters. The number of aliphatic imine (C=N–C) groups is 1. The van der Waals surface area contributed by atoms with Crippen LogP contribution in [0.15, 0.2) is 4.99 Å². The lowest BCUT2D eigenvalue weighted by Gasteiger charge is -2.34. The quantitative estimate of drug-likeness (QED) is 0.183. The molecule has 1 unspecified atom stereocenters. The number of guanidine groups is 1. The molecule has 0 radical (unpaired) electrons. The van der Waals surface area contributed by atoms with Gasteiger partial charge in [0.1, 0.15) is 0 Å². The smallest absolute Gasteiger partial charge is 0.239 e. The van der Waals surface area contributed by atoms with Crippen LogP contribution in [0, 0.1) is 0 Å². The van der Waals surface area contributed by atoms with Crippen LogP contribution in [0.5, 0.6) is 0 Å². The Labute approximate surface area is 206 Å². The number of likely N-dealkylation sites (tertiary alicyclic amines) is 2. The highest BCUT2D eigenvalue weighted by Crippen LogP contribution is 2.19. The third-order valence-electron chi connectivity index (χ3n) is 5.88. The lowest BCUT2D eigenvalue weighted by Crippen LogP contribution is -2.47. The van der Waals surface area contributed by atoms with Crippen LogP contribution in [0.3, 0.4) is 0 Å². The van der Waals surface area contributed by atoms with E-state index in [-0.39, 0.29) is 35.9 Å². The Morgan fingerprint density at radius 2 is 1.87 bits per heavy atom. The minimum Gasteiger partial charge on any atom is -0.385 e. The predicted octanol–water partition coefficient (Wildman–Crippen LogP) is 2.03. The molecule has 2 rings (SSSR count). The molecule has 31 heavy (non-hydrogen) atoms. The lowest BCUT2D eigenvalue weighted by molar-refractivity contribution is -0.133. The summed E-state index contributed by atoms with van der Waals surface area (Å²) in [4.78, 5) is 23.6. The molecule has 0 bridgehead atoms. The van der Waals surface area contributed by atoms with E-state index >= 15 is 0 Å². The summed E-state index contributed by atoms with van der Waals surface area (Å²) < 4.78 is 11.1. The van der Waals surface area contributed by atoms with Gasteiger partial charge in [0.2, 0.25) is 5.91 Å². The summed E-state index contributed by atoms with van der Waals surface area (Å²) in [5, 5.41) is 3.44. The Morgan fingerprint density at radius 3 is 2.52 bits per heavy atom. The summed E-state index contributed by atoms with van der Waals surface area (Å²) in [6.45, 7) is 9.23. The van der Waals surface area contributed by atoms with E-state index in [1.807, 2.05) is 14.1 Å². The van der Waals surface area contributed by atoms with Gasteiger partial charge in [-0.2, -0.15) is 0 Å². The fourth-order valence-electron chi connectivity index (χ4n) is 4.24. The van der Waals surface area contributed by atoms with Gasteiger partial charge in [-0.1, -0.05) is 0 Å². The second-order valence-electron chi connectivity index (χ2n) is 8.42. The van der Waals surface area contributed by atoms with Crippen LogP contribution in [0.25, 0.3) is 0 Å². The number of nitrogens with zero attached hydrogens (tertiary/aromatic N) is 4. The van der Waals surface area contributed by atoms with Crippen molar-refractivity contribution in [3.63, 3.8) is 0 Å². The number of carbonyl (C=O) groups is 1. The largest absolute Gasteiger partial charge is 0.385 e. The van der Waals surface area contributed by atoms with Crippen molar-refractivity contribution in [1.29, 1.82) is 0 Å². The van der Waals surface area contributed by atoms with E-state index in [1.165, 1.54) is 0 Å². The van der Waals surface area contributed by atoms with Crippen LogP contribution < -0.4 is 5.32 Å². The first kappa shape index (κ1) is 28.4. The molecular weight excluding hydrogens is 509 g/mol. The zero-order valence-corrected chi connectivity index (χ0v) is 22.3. The highest BCUT2D eigenvalue weighted by atomic mass is 127. The van der Waals surface area contributed by atoms with Crippen molar-refractivity contribution < 1.29 is 14.3 Å². The number of hydrogen-bond acceptors (Lipinski definition) is 5. The number of likely N-dealkylation sites (N-methyl/N-ethyl adjacent to an activating group) is 1. The molecule has 8 nitrogen and oxygen atoms in total. The fourth-order valence-corrected chi connectivity index (χ4v) is 4.24. The summed E-state index contributed by atoms with van der Waals surface area (Å²) in [5.74, 6) is 1.24. The molecule has 0 aromatic carbocycles. The van der Waals surface area contributed by atoms with E-state index in [0.717, 1.165) is 97.0 Å². The van der Waals surface area contributed by atoms with Crippen LogP contribution in [0.4, 0.5) is 0 Å². The van der Waals surface area contributed by atoms with Crippen LogP contribution in [0.1, 0.15) is 45.4 Å². The molecule has 2 fully saturated rings. The molecular formula is C22H44IN5O3. The van der Waals surface area contributed by atoms with E-state index in [9.17, 15) is 4.79 Å². The fraction of sp³-hybridized carbons (Fsp3) is 0.909. The number of hydrogen-bond donors (Lipinski definition) is 1. The van der Waals surface area contributed by atoms with Gasteiger partial charge in [0.05, 0.1) is 12.1 Å². The van der Waals surface area contributed by atoms with Crippen molar-refractivity contribution in [2.24, 2.45) is 4.99 Å². The zero-order valence-electron chi connectivity index (χ0n) is 20.0. The third-order valence-corrected chi connectivity index (χ3v) is 5.88. The van der Waals surface area contributed by atoms with E-state index in [1.54, 1.807) is 12.0 Å². The van der Waals surface area contributed by atoms with Crippen LogP contribution in [0.2, 0.25) is 0 Å². The van der Waals surface area contributed by atoms with Crippen molar-refractivity contribution >= 4 is 35.8 Å². The Bertz CT molecular complexity index is 527. The third kappa shape index (κ3) is 9.79. The first-order chi connectivity index (χ1) is 14.6. The van der Waals surface area contributed by atoms with Gasteiger partial charge in [0.25, 0.3) is 0 Å². The zero-order chi connectivity index (χ0) is 21.8. The summed E-state index contributed by atoms with van der Waals surface area (Å²) in [5.41, 5.74) is 0. The van der Waals surface area contributed by atoms with E-state index in [4.69, 9.17) is 14.5 Å². The molecule has 2 aliphatic heterocycles. The second-order valence-corrected chi connectivity index (χ2v) is 8.42. The SMILES string of the molecule is CCNC(=NCCCN1CCCC1C(=O)N(C)C)N1CCC(OCCCOC)CC1.I. The molecule has 0 saturated carbocycles. The average Bonchev–Trinajstić information content (AvgIpc) is 3.21. The first-order valence-electron chi connectivity index (χ1n) is 11.7. The van der Waals surface area contributed by atoms with Crippen LogP contribution in [-0.2, 0) is 14.3 Å². The van der Waals surface area contributed by atoms with Gasteiger partial charge in [0, 0.05) is 67.1 Å². The number of halogens is 1. The van der Waals surface area contributed by atoms with Crippen LogP contribution in [-0.4, -0.2) is 112 Å². The minimum absolute atomic E-state index is 0. The maximum absolute atomic E-state index is 12.3. The highest BCUT2D eigenvalue weighted by molar-refractivity contribution is 14.0. The van der Waals surface area contributed by atoms with Gasteiger partial charge in [0.15, 0.2) is 5.96 Å². The molecule has 9 heteroatoms. The number of nitrogens with one attached hydrogen (secondary N) is 1. The molecule has 2 heterocycles. The lowest BCUT2D eigenvalue weighted by atomic mass is 10.1. The predicted molar refractivity (Wildman–Crippen MR) is 136 cm³/mol. The van der Waals surface area contributed by atoms with Gasteiger partial charge in [-0.25, -0.2) is 0 Å². The van der Waals surface area contributed by atoms with Gasteiger partial charge in [-0.05, 0) is 52.0 Å². The molecule has 0 aromatic rings. The van der Waals surface area contributed by atoms with Crippen molar-refractivity contribution in [1.82, 2.24) is 20.0 Å². The topological polar surface area (TPSA) is 69.6 Å². The standard InChI is InChI=1S/C22H43N5O3.HI/c1-5-23-22(27-15-10-19(11-16-27)30-18-8-17-29-4)24-12-7-14-26-13-6-9-20(26)21(28)25(2)3;/h19-20H,5-18H2,1-4H3,(H,23,24);1H. The van der Waals surface area contributed by atoms with Gasteiger partial charge in [-0.15, -0.1) is 24.0 Å². The number of carbonyl (C=O) groups excluding carboxylic acids is 1. The van der Waals surface area contributed by atoms with Gasteiger partial charge >= 0.3 is 0 Å². The number of piperidine rings is 1. The molecule has 2 aliphatic rings. The van der Waals surface area contributed by atoms with E-state index in [2.05, 4.69) is 22.0 Å². The Morgan fingerprint density at radius 1 is 1.13 bits per heavy atom. The Balaban J connectivity index is 0.00000480. The molecule has 1 N–H and O–H groups in total. The Kier molecular flexibility index (Phi) is 14.7. The van der Waals surface area contributed by atoms with Crippen molar-refractivity contribution in [3.8, 4) is 0 Å². The molecule has 1 amide bonds. The summed E-state index contributed by atoms with van der Waals surface area (Å²) in [6.07, 6.45) is 6.45.